The van der Waals surface area contributed by atoms with Crippen molar-refractivity contribution in [3.05, 3.63) is 46.1 Å². The predicted octanol–water partition coefficient (Wildman–Crippen LogP) is 3.53. The number of hydrogen-bond donors (Lipinski definition) is 1. The maximum absolute atomic E-state index is 11.4. The number of rotatable bonds is 4. The Labute approximate surface area is 139 Å². The van der Waals surface area contributed by atoms with Crippen LogP contribution in [0.15, 0.2) is 34.7 Å². The Morgan fingerprint density at radius 1 is 1.18 bits per heavy atom. The molecule has 1 atom stereocenters. The fourth-order valence-corrected chi connectivity index (χ4v) is 4.48. The lowest BCUT2D eigenvalue weighted by molar-refractivity contribution is 0.464. The van der Waals surface area contributed by atoms with Crippen molar-refractivity contribution < 1.29 is 12.8 Å². The highest BCUT2D eigenvalue weighted by Gasteiger charge is 2.27. The van der Waals surface area contributed by atoms with Crippen LogP contribution in [0.2, 0.25) is 10.0 Å². The SMILES string of the molecule is O=S1(=O)CCC(NCc2ccc(-c3ccc(Cl)c(Cl)c3)o2)C1. The van der Waals surface area contributed by atoms with E-state index in [9.17, 15) is 8.42 Å². The molecule has 1 N–H and O–H groups in total. The summed E-state index contributed by atoms with van der Waals surface area (Å²) in [5, 5.41) is 4.20. The Kier molecular flexibility index (Phi) is 4.50. The lowest BCUT2D eigenvalue weighted by atomic mass is 10.2. The first kappa shape index (κ1) is 15.9. The molecule has 118 valence electrons. The second-order valence-corrected chi connectivity index (χ2v) is 8.42. The highest BCUT2D eigenvalue weighted by atomic mass is 35.5. The van der Waals surface area contributed by atoms with E-state index in [0.717, 1.165) is 11.3 Å². The molecule has 2 aromatic rings. The van der Waals surface area contributed by atoms with Gasteiger partial charge in [0.2, 0.25) is 0 Å². The van der Waals surface area contributed by atoms with E-state index >= 15 is 0 Å². The first-order valence-corrected chi connectivity index (χ1v) is 9.49. The maximum Gasteiger partial charge on any atom is 0.151 e. The van der Waals surface area contributed by atoms with E-state index in [-0.39, 0.29) is 17.5 Å². The van der Waals surface area contributed by atoms with Gasteiger partial charge in [0.05, 0.1) is 28.1 Å². The standard InChI is InChI=1S/C15H15Cl2NO3S/c16-13-3-1-10(7-14(13)17)15-4-2-12(21-15)8-18-11-5-6-22(19,20)9-11/h1-4,7,11,18H,5-6,8-9H2. The van der Waals surface area contributed by atoms with Crippen LogP contribution in [0.25, 0.3) is 11.3 Å². The number of benzene rings is 1. The van der Waals surface area contributed by atoms with Crippen molar-refractivity contribution in [3.63, 3.8) is 0 Å². The van der Waals surface area contributed by atoms with Gasteiger partial charge >= 0.3 is 0 Å². The Bertz CT molecular complexity index is 786. The molecule has 1 unspecified atom stereocenters. The summed E-state index contributed by atoms with van der Waals surface area (Å²) >= 11 is 11.9. The van der Waals surface area contributed by atoms with Crippen LogP contribution in [0, 0.1) is 0 Å². The van der Waals surface area contributed by atoms with Crippen molar-refractivity contribution in [3.8, 4) is 11.3 Å². The van der Waals surface area contributed by atoms with E-state index in [1.54, 1.807) is 12.1 Å². The van der Waals surface area contributed by atoms with Crippen molar-refractivity contribution in [1.29, 1.82) is 0 Å². The van der Waals surface area contributed by atoms with Gasteiger partial charge in [0.15, 0.2) is 9.84 Å². The van der Waals surface area contributed by atoms with Gasteiger partial charge < -0.3 is 9.73 Å². The lowest BCUT2D eigenvalue weighted by Gasteiger charge is -2.08. The van der Waals surface area contributed by atoms with Crippen LogP contribution in [-0.4, -0.2) is 26.0 Å². The van der Waals surface area contributed by atoms with Gasteiger partial charge in [0, 0.05) is 11.6 Å². The molecule has 3 rings (SSSR count). The number of halogens is 2. The molecule has 0 radical (unpaired) electrons. The molecule has 1 fully saturated rings. The predicted molar refractivity (Wildman–Crippen MR) is 88.1 cm³/mol. The van der Waals surface area contributed by atoms with Gasteiger partial charge in [-0.05, 0) is 36.8 Å². The van der Waals surface area contributed by atoms with Crippen LogP contribution in [0.4, 0.5) is 0 Å². The van der Waals surface area contributed by atoms with E-state index in [2.05, 4.69) is 5.32 Å². The van der Waals surface area contributed by atoms with E-state index in [0.29, 0.717) is 28.8 Å². The quantitative estimate of drug-likeness (QED) is 0.906. The van der Waals surface area contributed by atoms with Gasteiger partial charge in [-0.15, -0.1) is 0 Å². The largest absolute Gasteiger partial charge is 0.460 e. The fraction of sp³-hybridized carbons (Fsp3) is 0.333. The van der Waals surface area contributed by atoms with Crippen molar-refractivity contribution in [2.45, 2.75) is 19.0 Å². The van der Waals surface area contributed by atoms with Crippen molar-refractivity contribution >= 4 is 33.0 Å². The van der Waals surface area contributed by atoms with Gasteiger partial charge in [0.1, 0.15) is 11.5 Å². The Morgan fingerprint density at radius 2 is 2.00 bits per heavy atom. The molecule has 0 amide bonds. The molecule has 1 aromatic carbocycles. The highest BCUT2D eigenvalue weighted by molar-refractivity contribution is 7.91. The molecule has 1 aromatic heterocycles. The van der Waals surface area contributed by atoms with Gasteiger partial charge in [-0.2, -0.15) is 0 Å². The first-order valence-electron chi connectivity index (χ1n) is 6.91. The average molecular weight is 360 g/mol. The zero-order chi connectivity index (χ0) is 15.7. The molecular weight excluding hydrogens is 345 g/mol. The first-order chi connectivity index (χ1) is 10.4. The normalized spacial score (nSPS) is 20.4. The molecule has 0 spiro atoms. The molecule has 1 saturated heterocycles. The summed E-state index contributed by atoms with van der Waals surface area (Å²) in [4.78, 5) is 0. The minimum atomic E-state index is -2.87. The van der Waals surface area contributed by atoms with E-state index in [1.807, 2.05) is 18.2 Å². The Hall–Kier alpha value is -1.01. The minimum Gasteiger partial charge on any atom is -0.460 e. The van der Waals surface area contributed by atoms with Crippen molar-refractivity contribution in [2.75, 3.05) is 11.5 Å². The zero-order valence-corrected chi connectivity index (χ0v) is 14.0. The van der Waals surface area contributed by atoms with Gasteiger partial charge in [0.25, 0.3) is 0 Å². The molecular formula is C15H15Cl2NO3S. The summed E-state index contributed by atoms with van der Waals surface area (Å²) in [6.45, 7) is 0.501. The lowest BCUT2D eigenvalue weighted by Crippen LogP contribution is -2.29. The average Bonchev–Trinajstić information content (AvgIpc) is 3.06. The monoisotopic (exact) mass is 359 g/mol. The summed E-state index contributed by atoms with van der Waals surface area (Å²) in [6, 6.07) is 9.06. The minimum absolute atomic E-state index is 0.00327. The van der Waals surface area contributed by atoms with Gasteiger partial charge in [-0.1, -0.05) is 23.2 Å². The molecule has 0 bridgehead atoms. The zero-order valence-electron chi connectivity index (χ0n) is 11.7. The Balaban J connectivity index is 1.65. The third-order valence-corrected chi connectivity index (χ3v) is 6.17. The van der Waals surface area contributed by atoms with Crippen LogP contribution in [-0.2, 0) is 16.4 Å². The van der Waals surface area contributed by atoms with Gasteiger partial charge in [-0.25, -0.2) is 8.42 Å². The Morgan fingerprint density at radius 3 is 2.68 bits per heavy atom. The number of sulfone groups is 1. The smallest absolute Gasteiger partial charge is 0.151 e. The molecule has 22 heavy (non-hydrogen) atoms. The van der Waals surface area contributed by atoms with E-state index < -0.39 is 9.84 Å². The van der Waals surface area contributed by atoms with Crippen LogP contribution in [0.5, 0.6) is 0 Å². The number of hydrogen-bond acceptors (Lipinski definition) is 4. The second kappa shape index (κ2) is 6.24. The topological polar surface area (TPSA) is 59.3 Å². The fourth-order valence-electron chi connectivity index (χ4n) is 2.48. The molecule has 2 heterocycles. The molecule has 1 aliphatic heterocycles. The number of furan rings is 1. The van der Waals surface area contributed by atoms with Crippen LogP contribution >= 0.6 is 23.2 Å². The van der Waals surface area contributed by atoms with Crippen LogP contribution in [0.3, 0.4) is 0 Å². The van der Waals surface area contributed by atoms with Crippen LogP contribution in [0.1, 0.15) is 12.2 Å². The molecule has 7 heteroatoms. The molecule has 1 aliphatic rings. The molecule has 4 nitrogen and oxygen atoms in total. The third-order valence-electron chi connectivity index (χ3n) is 3.66. The van der Waals surface area contributed by atoms with E-state index in [4.69, 9.17) is 27.6 Å². The maximum atomic E-state index is 11.4. The summed E-state index contributed by atoms with van der Waals surface area (Å²) < 4.78 is 28.6. The molecule has 0 aliphatic carbocycles. The highest BCUT2D eigenvalue weighted by Crippen LogP contribution is 2.29. The van der Waals surface area contributed by atoms with Gasteiger partial charge in [-0.3, -0.25) is 0 Å². The third kappa shape index (κ3) is 3.66. The van der Waals surface area contributed by atoms with Crippen molar-refractivity contribution in [2.24, 2.45) is 0 Å². The second-order valence-electron chi connectivity index (χ2n) is 5.38. The number of nitrogens with one attached hydrogen (secondary N) is 1. The summed E-state index contributed by atoms with van der Waals surface area (Å²) in [7, 11) is -2.87. The van der Waals surface area contributed by atoms with Crippen molar-refractivity contribution in [1.82, 2.24) is 5.32 Å². The van der Waals surface area contributed by atoms with Crippen LogP contribution < -0.4 is 5.32 Å². The summed E-state index contributed by atoms with van der Waals surface area (Å²) in [5.41, 5.74) is 0.851. The summed E-state index contributed by atoms with van der Waals surface area (Å²) in [6.07, 6.45) is 0.655. The summed E-state index contributed by atoms with van der Waals surface area (Å²) in [5.74, 6) is 1.92. The van der Waals surface area contributed by atoms with E-state index in [1.165, 1.54) is 0 Å². The molecule has 0 saturated carbocycles.